The van der Waals surface area contributed by atoms with E-state index in [1.165, 1.54) is 0 Å². The quantitative estimate of drug-likeness (QED) is 0.471. The first-order valence-electron chi connectivity index (χ1n) is 9.36. The molecule has 3 aromatic carbocycles. The molecule has 0 aliphatic carbocycles. The zero-order valence-electron chi connectivity index (χ0n) is 16.2. The lowest BCUT2D eigenvalue weighted by atomic mass is 9.93. The number of carbonyl (C=O) groups is 1. The molecule has 4 nitrogen and oxygen atoms in total. The van der Waals surface area contributed by atoms with E-state index in [0.29, 0.717) is 22.9 Å². The topological polar surface area (TPSA) is 49.8 Å². The summed E-state index contributed by atoms with van der Waals surface area (Å²) in [6, 6.07) is 22.1. The molecule has 0 unspecified atom stereocenters. The SMILES string of the molecule is COc1ccc(C2=C(O)C(=O)N(Cc3ccc(Cl)cc3)[C@H]2c2ccc(Br)cc2)cc1. The first-order valence-corrected chi connectivity index (χ1v) is 10.5. The average Bonchev–Trinajstić information content (AvgIpc) is 3.01. The van der Waals surface area contributed by atoms with Crippen LogP contribution in [0.25, 0.3) is 5.57 Å². The third-order valence-corrected chi connectivity index (χ3v) is 5.94. The molecule has 1 heterocycles. The molecular weight excluding hydrogens is 466 g/mol. The Labute approximate surface area is 188 Å². The lowest BCUT2D eigenvalue weighted by Gasteiger charge is -2.27. The number of ether oxygens (including phenoxy) is 1. The van der Waals surface area contributed by atoms with Gasteiger partial charge < -0.3 is 14.7 Å². The van der Waals surface area contributed by atoms with Gasteiger partial charge in [-0.1, -0.05) is 63.9 Å². The highest BCUT2D eigenvalue weighted by molar-refractivity contribution is 9.10. The third-order valence-electron chi connectivity index (χ3n) is 5.16. The van der Waals surface area contributed by atoms with Gasteiger partial charge in [0.2, 0.25) is 0 Å². The minimum Gasteiger partial charge on any atom is -0.503 e. The summed E-state index contributed by atoms with van der Waals surface area (Å²) in [4.78, 5) is 14.8. The maximum Gasteiger partial charge on any atom is 0.290 e. The Bertz CT molecular complexity index is 1090. The van der Waals surface area contributed by atoms with Crippen LogP contribution in [0.15, 0.2) is 83.0 Å². The summed E-state index contributed by atoms with van der Waals surface area (Å²) in [5.74, 6) is 0.0760. The lowest BCUT2D eigenvalue weighted by Crippen LogP contribution is -2.29. The fourth-order valence-corrected chi connectivity index (χ4v) is 4.05. The van der Waals surface area contributed by atoms with Crippen molar-refractivity contribution >= 4 is 39.0 Å². The van der Waals surface area contributed by atoms with Gasteiger partial charge in [-0.2, -0.15) is 0 Å². The van der Waals surface area contributed by atoms with Crippen molar-refractivity contribution in [2.45, 2.75) is 12.6 Å². The highest BCUT2D eigenvalue weighted by atomic mass is 79.9. The molecule has 0 spiro atoms. The van der Waals surface area contributed by atoms with Crippen molar-refractivity contribution in [1.82, 2.24) is 4.90 Å². The van der Waals surface area contributed by atoms with E-state index in [1.54, 1.807) is 24.1 Å². The summed E-state index contributed by atoms with van der Waals surface area (Å²) in [6.07, 6.45) is 0. The molecule has 0 fully saturated rings. The van der Waals surface area contributed by atoms with Crippen LogP contribution >= 0.6 is 27.5 Å². The van der Waals surface area contributed by atoms with Crippen LogP contribution in [0.5, 0.6) is 5.75 Å². The van der Waals surface area contributed by atoms with Gasteiger partial charge in [0.15, 0.2) is 5.76 Å². The second-order valence-corrected chi connectivity index (χ2v) is 8.36. The van der Waals surface area contributed by atoms with E-state index in [1.807, 2.05) is 60.7 Å². The molecule has 152 valence electrons. The van der Waals surface area contributed by atoms with Gasteiger partial charge in [0.25, 0.3) is 5.91 Å². The van der Waals surface area contributed by atoms with E-state index in [9.17, 15) is 9.90 Å². The van der Waals surface area contributed by atoms with Crippen LogP contribution < -0.4 is 4.74 Å². The number of hydrogen-bond acceptors (Lipinski definition) is 3. The van der Waals surface area contributed by atoms with Crippen molar-refractivity contribution < 1.29 is 14.6 Å². The Hall–Kier alpha value is -2.76. The zero-order chi connectivity index (χ0) is 21.3. The number of halogens is 2. The number of carbonyl (C=O) groups excluding carboxylic acids is 1. The van der Waals surface area contributed by atoms with Crippen LogP contribution in [-0.2, 0) is 11.3 Å². The van der Waals surface area contributed by atoms with Crippen molar-refractivity contribution in [1.29, 1.82) is 0 Å². The standard InChI is InChI=1S/C24H19BrClNO3/c1-30-20-12-6-16(7-13-20)21-22(17-4-8-18(25)9-5-17)27(24(29)23(21)28)14-15-2-10-19(26)11-3-15/h2-13,22,28H,14H2,1H3/t22-/m0/s1. The maximum atomic E-state index is 13.1. The van der Waals surface area contributed by atoms with E-state index < -0.39 is 11.9 Å². The smallest absolute Gasteiger partial charge is 0.290 e. The highest BCUT2D eigenvalue weighted by Crippen LogP contribution is 2.44. The second kappa shape index (κ2) is 8.54. The number of aliphatic hydroxyl groups excluding tert-OH is 1. The number of hydrogen-bond donors (Lipinski definition) is 1. The molecule has 1 aliphatic heterocycles. The molecule has 1 N–H and O–H groups in total. The summed E-state index contributed by atoms with van der Waals surface area (Å²) < 4.78 is 6.19. The van der Waals surface area contributed by atoms with Gasteiger partial charge in [-0.3, -0.25) is 4.79 Å². The van der Waals surface area contributed by atoms with Crippen LogP contribution in [0.2, 0.25) is 5.02 Å². The molecule has 1 aliphatic rings. The molecule has 0 aromatic heterocycles. The molecule has 0 radical (unpaired) electrons. The summed E-state index contributed by atoms with van der Waals surface area (Å²) in [7, 11) is 1.60. The van der Waals surface area contributed by atoms with Crippen molar-refractivity contribution in [2.75, 3.05) is 7.11 Å². The molecule has 1 atom stereocenters. The van der Waals surface area contributed by atoms with Gasteiger partial charge in [-0.15, -0.1) is 0 Å². The number of amides is 1. The Morgan fingerprint density at radius 3 is 2.23 bits per heavy atom. The molecular formula is C24H19BrClNO3. The van der Waals surface area contributed by atoms with E-state index in [4.69, 9.17) is 16.3 Å². The minimum absolute atomic E-state index is 0.234. The minimum atomic E-state index is -0.422. The van der Waals surface area contributed by atoms with Crippen LogP contribution in [0.3, 0.4) is 0 Å². The van der Waals surface area contributed by atoms with Gasteiger partial charge in [0, 0.05) is 21.6 Å². The van der Waals surface area contributed by atoms with Crippen LogP contribution in [0, 0.1) is 0 Å². The predicted molar refractivity (Wildman–Crippen MR) is 121 cm³/mol. The molecule has 3 aromatic rings. The van der Waals surface area contributed by atoms with E-state index in [0.717, 1.165) is 21.2 Å². The largest absolute Gasteiger partial charge is 0.503 e. The Balaban J connectivity index is 1.79. The van der Waals surface area contributed by atoms with Gasteiger partial charge in [-0.05, 0) is 53.1 Å². The Morgan fingerprint density at radius 2 is 1.63 bits per heavy atom. The molecule has 6 heteroatoms. The second-order valence-electron chi connectivity index (χ2n) is 7.00. The molecule has 0 saturated carbocycles. The molecule has 1 amide bonds. The molecule has 4 rings (SSSR count). The van der Waals surface area contributed by atoms with Gasteiger partial charge >= 0.3 is 0 Å². The number of methoxy groups -OCH3 is 1. The van der Waals surface area contributed by atoms with E-state index in [-0.39, 0.29) is 5.76 Å². The third kappa shape index (κ3) is 3.95. The zero-order valence-corrected chi connectivity index (χ0v) is 18.5. The lowest BCUT2D eigenvalue weighted by molar-refractivity contribution is -0.130. The average molecular weight is 485 g/mol. The first-order chi connectivity index (χ1) is 14.5. The summed E-state index contributed by atoms with van der Waals surface area (Å²) in [5, 5.41) is 11.5. The fraction of sp³-hybridized carbons (Fsp3) is 0.125. The van der Waals surface area contributed by atoms with Crippen molar-refractivity contribution in [3.63, 3.8) is 0 Å². The number of nitrogens with zero attached hydrogens (tertiary/aromatic N) is 1. The monoisotopic (exact) mass is 483 g/mol. The fourth-order valence-electron chi connectivity index (χ4n) is 3.66. The van der Waals surface area contributed by atoms with Crippen LogP contribution in [0.4, 0.5) is 0 Å². The summed E-state index contributed by atoms with van der Waals surface area (Å²) in [5.41, 5.74) is 3.20. The molecule has 30 heavy (non-hydrogen) atoms. The highest BCUT2D eigenvalue weighted by Gasteiger charge is 2.41. The first kappa shape index (κ1) is 20.5. The van der Waals surface area contributed by atoms with E-state index >= 15 is 0 Å². The number of benzene rings is 3. The van der Waals surface area contributed by atoms with Crippen LogP contribution in [0.1, 0.15) is 22.7 Å². The van der Waals surface area contributed by atoms with E-state index in [2.05, 4.69) is 15.9 Å². The van der Waals surface area contributed by atoms with Crippen molar-refractivity contribution in [2.24, 2.45) is 0 Å². The predicted octanol–water partition coefficient (Wildman–Crippen LogP) is 6.16. The van der Waals surface area contributed by atoms with Crippen molar-refractivity contribution in [3.8, 4) is 5.75 Å². The normalized spacial score (nSPS) is 16.3. The molecule has 0 bridgehead atoms. The summed E-state index contributed by atoms with van der Waals surface area (Å²) >= 11 is 9.46. The van der Waals surface area contributed by atoms with Gasteiger partial charge in [0.1, 0.15) is 5.75 Å². The Morgan fingerprint density at radius 1 is 1.00 bits per heavy atom. The van der Waals surface area contributed by atoms with Gasteiger partial charge in [0.05, 0.1) is 13.2 Å². The Kier molecular flexibility index (Phi) is 5.84. The number of rotatable bonds is 5. The van der Waals surface area contributed by atoms with Crippen molar-refractivity contribution in [3.05, 3.63) is 105 Å². The maximum absolute atomic E-state index is 13.1. The van der Waals surface area contributed by atoms with Crippen LogP contribution in [-0.4, -0.2) is 23.0 Å². The number of aliphatic hydroxyl groups is 1. The molecule has 0 saturated heterocycles. The summed E-state index contributed by atoms with van der Waals surface area (Å²) in [6.45, 7) is 0.348. The van der Waals surface area contributed by atoms with Gasteiger partial charge in [-0.25, -0.2) is 0 Å².